The fourth-order valence-electron chi connectivity index (χ4n) is 0.919. The van der Waals surface area contributed by atoms with E-state index in [1.807, 2.05) is 6.92 Å². The van der Waals surface area contributed by atoms with E-state index in [4.69, 9.17) is 4.74 Å². The van der Waals surface area contributed by atoms with Crippen LogP contribution in [0.1, 0.15) is 26.7 Å². The highest BCUT2D eigenvalue weighted by Crippen LogP contribution is 2.00. The Balaban J connectivity index is 3.74. The molecule has 2 unspecified atom stereocenters. The number of hydrogen-bond acceptors (Lipinski definition) is 4. The quantitative estimate of drug-likeness (QED) is 0.563. The maximum absolute atomic E-state index is 11.2. The Labute approximate surface area is 95.4 Å². The van der Waals surface area contributed by atoms with Crippen molar-refractivity contribution in [1.82, 2.24) is 10.6 Å². The molecule has 2 amide bonds. The molecule has 16 heavy (non-hydrogen) atoms. The van der Waals surface area contributed by atoms with Crippen molar-refractivity contribution in [2.45, 2.75) is 38.9 Å². The van der Waals surface area contributed by atoms with Crippen LogP contribution in [0.15, 0.2) is 0 Å². The molecule has 0 aromatic heterocycles. The molecule has 6 nitrogen and oxygen atoms in total. The Morgan fingerprint density at radius 2 is 2.06 bits per heavy atom. The third-order valence-corrected chi connectivity index (χ3v) is 2.04. The average molecular weight is 232 g/mol. The number of aliphatic hydroxyl groups excluding tert-OH is 1. The van der Waals surface area contributed by atoms with E-state index < -0.39 is 18.1 Å². The molecule has 0 heterocycles. The molecule has 0 spiro atoms. The lowest BCUT2D eigenvalue weighted by molar-refractivity contribution is -0.150. The van der Waals surface area contributed by atoms with Crippen molar-refractivity contribution in [3.05, 3.63) is 0 Å². The number of amides is 2. The van der Waals surface area contributed by atoms with Gasteiger partial charge in [0.1, 0.15) is 0 Å². The van der Waals surface area contributed by atoms with Crippen LogP contribution in [0.3, 0.4) is 0 Å². The van der Waals surface area contributed by atoms with E-state index in [1.165, 1.54) is 7.05 Å². The van der Waals surface area contributed by atoms with Crippen molar-refractivity contribution in [3.8, 4) is 0 Å². The second kappa shape index (κ2) is 7.92. The zero-order chi connectivity index (χ0) is 12.6. The second-order valence-electron chi connectivity index (χ2n) is 3.53. The molecule has 3 N–H and O–H groups in total. The number of esters is 1. The van der Waals surface area contributed by atoms with Crippen LogP contribution in [-0.2, 0) is 9.53 Å². The second-order valence-corrected chi connectivity index (χ2v) is 3.53. The van der Waals surface area contributed by atoms with Gasteiger partial charge in [0.05, 0.1) is 18.6 Å². The minimum atomic E-state index is -0.922. The van der Waals surface area contributed by atoms with E-state index in [0.717, 1.165) is 6.42 Å². The number of carbonyl (C=O) groups is 2. The van der Waals surface area contributed by atoms with Crippen molar-refractivity contribution in [2.75, 3.05) is 13.6 Å². The minimum Gasteiger partial charge on any atom is -0.463 e. The normalized spacial score (nSPS) is 13.8. The first-order valence-corrected chi connectivity index (χ1v) is 5.32. The molecule has 0 aromatic rings. The topological polar surface area (TPSA) is 87.7 Å². The highest BCUT2D eigenvalue weighted by molar-refractivity contribution is 5.73. The van der Waals surface area contributed by atoms with Crippen LogP contribution >= 0.6 is 0 Å². The predicted molar refractivity (Wildman–Crippen MR) is 58.9 cm³/mol. The zero-order valence-corrected chi connectivity index (χ0v) is 9.95. The standard InChI is InChI=1S/C10H20N2O4/c1-4-7(2)16-9(14)5-8(13)6-12-10(15)11-3/h7-8,13H,4-6H2,1-3H3,(H2,11,12,15). The molecule has 0 aliphatic carbocycles. The highest BCUT2D eigenvalue weighted by Gasteiger charge is 2.14. The largest absolute Gasteiger partial charge is 0.463 e. The molecule has 0 aromatic carbocycles. The van der Waals surface area contributed by atoms with Gasteiger partial charge in [0, 0.05) is 13.6 Å². The van der Waals surface area contributed by atoms with Gasteiger partial charge in [-0.1, -0.05) is 6.92 Å². The number of nitrogens with one attached hydrogen (secondary N) is 2. The summed E-state index contributed by atoms with van der Waals surface area (Å²) >= 11 is 0. The maximum atomic E-state index is 11.2. The fraction of sp³-hybridized carbons (Fsp3) is 0.800. The number of aliphatic hydroxyl groups is 1. The summed E-state index contributed by atoms with van der Waals surface area (Å²) in [5, 5.41) is 14.1. The first-order valence-electron chi connectivity index (χ1n) is 5.32. The molecule has 6 heteroatoms. The summed E-state index contributed by atoms with van der Waals surface area (Å²) in [5.74, 6) is -0.458. The van der Waals surface area contributed by atoms with Gasteiger partial charge in [0.2, 0.25) is 0 Å². The van der Waals surface area contributed by atoms with E-state index in [9.17, 15) is 14.7 Å². The van der Waals surface area contributed by atoms with Crippen molar-refractivity contribution in [2.24, 2.45) is 0 Å². The number of ether oxygens (including phenoxy) is 1. The third kappa shape index (κ3) is 7.05. The van der Waals surface area contributed by atoms with Crippen LogP contribution in [0.4, 0.5) is 4.79 Å². The van der Waals surface area contributed by atoms with E-state index in [-0.39, 0.29) is 19.1 Å². The monoisotopic (exact) mass is 232 g/mol. The first kappa shape index (κ1) is 14.7. The van der Waals surface area contributed by atoms with Gasteiger partial charge in [-0.2, -0.15) is 0 Å². The third-order valence-electron chi connectivity index (χ3n) is 2.04. The Morgan fingerprint density at radius 3 is 2.56 bits per heavy atom. The molecule has 0 rings (SSSR count). The summed E-state index contributed by atoms with van der Waals surface area (Å²) in [4.78, 5) is 22.0. The Bertz CT molecular complexity index is 233. The molecule has 0 bridgehead atoms. The summed E-state index contributed by atoms with van der Waals surface area (Å²) < 4.78 is 4.98. The molecule has 0 saturated carbocycles. The molecule has 94 valence electrons. The molecule has 0 aliphatic heterocycles. The van der Waals surface area contributed by atoms with Gasteiger partial charge in [-0.3, -0.25) is 4.79 Å². The smallest absolute Gasteiger partial charge is 0.314 e. The van der Waals surface area contributed by atoms with Gasteiger partial charge in [0.25, 0.3) is 0 Å². The summed E-state index contributed by atoms with van der Waals surface area (Å²) in [6, 6.07) is -0.394. The minimum absolute atomic E-state index is 0.0231. The summed E-state index contributed by atoms with van der Waals surface area (Å²) in [5.41, 5.74) is 0. The Morgan fingerprint density at radius 1 is 1.44 bits per heavy atom. The van der Waals surface area contributed by atoms with Crippen LogP contribution in [0.2, 0.25) is 0 Å². The molecule has 0 saturated heterocycles. The van der Waals surface area contributed by atoms with Crippen molar-refractivity contribution in [3.63, 3.8) is 0 Å². The number of carbonyl (C=O) groups excluding carboxylic acids is 2. The molecule has 0 radical (unpaired) electrons. The lowest BCUT2D eigenvalue weighted by Gasteiger charge is -2.14. The van der Waals surface area contributed by atoms with E-state index >= 15 is 0 Å². The Kier molecular flexibility index (Phi) is 7.28. The lowest BCUT2D eigenvalue weighted by Crippen LogP contribution is -2.38. The van der Waals surface area contributed by atoms with Gasteiger partial charge >= 0.3 is 12.0 Å². The van der Waals surface area contributed by atoms with Gasteiger partial charge in [-0.15, -0.1) is 0 Å². The highest BCUT2D eigenvalue weighted by atomic mass is 16.5. The maximum Gasteiger partial charge on any atom is 0.314 e. The van der Waals surface area contributed by atoms with Gasteiger partial charge in [-0.25, -0.2) is 4.79 Å². The summed E-state index contributed by atoms with van der Waals surface area (Å²) in [6.07, 6.45) is -0.451. The number of hydrogen-bond donors (Lipinski definition) is 3. The van der Waals surface area contributed by atoms with Crippen LogP contribution in [-0.4, -0.2) is 42.9 Å². The van der Waals surface area contributed by atoms with Crippen molar-refractivity contribution >= 4 is 12.0 Å². The Hall–Kier alpha value is -1.30. The summed E-state index contributed by atoms with van der Waals surface area (Å²) in [6.45, 7) is 3.71. The lowest BCUT2D eigenvalue weighted by atomic mass is 10.2. The van der Waals surface area contributed by atoms with Crippen LogP contribution < -0.4 is 10.6 Å². The molecule has 0 aliphatic rings. The van der Waals surface area contributed by atoms with Gasteiger partial charge in [-0.05, 0) is 13.3 Å². The van der Waals surface area contributed by atoms with E-state index in [2.05, 4.69) is 10.6 Å². The molecule has 0 fully saturated rings. The van der Waals surface area contributed by atoms with Crippen LogP contribution in [0, 0.1) is 0 Å². The van der Waals surface area contributed by atoms with Gasteiger partial charge < -0.3 is 20.5 Å². The van der Waals surface area contributed by atoms with E-state index in [0.29, 0.717) is 0 Å². The molecular formula is C10H20N2O4. The van der Waals surface area contributed by atoms with E-state index in [1.54, 1.807) is 6.92 Å². The summed E-state index contributed by atoms with van der Waals surface area (Å²) in [7, 11) is 1.47. The number of rotatable bonds is 6. The van der Waals surface area contributed by atoms with Gasteiger partial charge in [0.15, 0.2) is 0 Å². The molecule has 2 atom stereocenters. The molecular weight excluding hydrogens is 212 g/mol. The number of urea groups is 1. The van der Waals surface area contributed by atoms with Crippen molar-refractivity contribution in [1.29, 1.82) is 0 Å². The van der Waals surface area contributed by atoms with Crippen LogP contribution in [0.5, 0.6) is 0 Å². The van der Waals surface area contributed by atoms with Crippen molar-refractivity contribution < 1.29 is 19.4 Å². The SMILES string of the molecule is CCC(C)OC(=O)CC(O)CNC(=O)NC. The first-order chi connectivity index (χ1) is 7.49. The fourth-order valence-corrected chi connectivity index (χ4v) is 0.919. The average Bonchev–Trinajstić information content (AvgIpc) is 2.25. The predicted octanol–water partition coefficient (Wildman–Crippen LogP) is 0.00810. The zero-order valence-electron chi connectivity index (χ0n) is 9.95. The van der Waals surface area contributed by atoms with Crippen LogP contribution in [0.25, 0.3) is 0 Å².